The number of nitrogens with zero attached hydrogens (tertiary/aromatic N) is 1. The van der Waals surface area contributed by atoms with Crippen molar-refractivity contribution in [3.8, 4) is 11.1 Å². The second-order valence-electron chi connectivity index (χ2n) is 4.63. The standard InChI is InChI=1S/C14H12N4S2/c15-13-17-9-3-1-7(5-11(9)19-13)8-2-4-10-12(6-8)20-14(16)18-10/h1-6,13,17H,15H2,(H2,16,18). The van der Waals surface area contributed by atoms with Crippen LogP contribution in [-0.4, -0.2) is 10.5 Å². The normalized spacial score (nSPS) is 17.1. The number of fused-ring (bicyclic) bond motifs is 2. The van der Waals surface area contributed by atoms with E-state index in [9.17, 15) is 0 Å². The molecule has 0 saturated carbocycles. The van der Waals surface area contributed by atoms with Gasteiger partial charge >= 0.3 is 0 Å². The Kier molecular flexibility index (Phi) is 2.63. The molecule has 4 rings (SSSR count). The number of hydrogen-bond donors (Lipinski definition) is 3. The van der Waals surface area contributed by atoms with Crippen molar-refractivity contribution in [3.63, 3.8) is 0 Å². The predicted molar refractivity (Wildman–Crippen MR) is 86.9 cm³/mol. The Balaban J connectivity index is 1.81. The van der Waals surface area contributed by atoms with E-state index in [1.54, 1.807) is 11.8 Å². The van der Waals surface area contributed by atoms with Gasteiger partial charge in [-0.3, -0.25) is 0 Å². The van der Waals surface area contributed by atoms with E-state index < -0.39 is 0 Å². The van der Waals surface area contributed by atoms with E-state index in [0.717, 1.165) is 15.9 Å². The molecule has 5 N–H and O–H groups in total. The number of thiazole rings is 1. The van der Waals surface area contributed by atoms with Crippen LogP contribution < -0.4 is 16.8 Å². The largest absolute Gasteiger partial charge is 0.375 e. The molecule has 0 bridgehead atoms. The average molecular weight is 300 g/mol. The lowest BCUT2D eigenvalue weighted by molar-refractivity contribution is 1.08. The molecule has 0 radical (unpaired) electrons. The minimum Gasteiger partial charge on any atom is -0.375 e. The molecule has 0 amide bonds. The highest BCUT2D eigenvalue weighted by Crippen LogP contribution is 2.39. The van der Waals surface area contributed by atoms with Gasteiger partial charge in [0.25, 0.3) is 0 Å². The fraction of sp³-hybridized carbons (Fsp3) is 0.0714. The minimum absolute atomic E-state index is 0.0518. The zero-order valence-electron chi connectivity index (χ0n) is 10.5. The Morgan fingerprint density at radius 1 is 1.10 bits per heavy atom. The smallest absolute Gasteiger partial charge is 0.181 e. The van der Waals surface area contributed by atoms with Crippen LogP contribution in [-0.2, 0) is 0 Å². The van der Waals surface area contributed by atoms with E-state index in [1.807, 2.05) is 6.07 Å². The van der Waals surface area contributed by atoms with Gasteiger partial charge in [0, 0.05) is 10.6 Å². The molecule has 3 aromatic rings. The van der Waals surface area contributed by atoms with Crippen LogP contribution in [0.2, 0.25) is 0 Å². The first kappa shape index (κ1) is 12.0. The van der Waals surface area contributed by atoms with Gasteiger partial charge in [-0.2, -0.15) is 0 Å². The van der Waals surface area contributed by atoms with Crippen LogP contribution in [0.4, 0.5) is 10.8 Å². The van der Waals surface area contributed by atoms with Gasteiger partial charge in [-0.1, -0.05) is 35.2 Å². The van der Waals surface area contributed by atoms with E-state index in [4.69, 9.17) is 11.5 Å². The van der Waals surface area contributed by atoms with Crippen LogP contribution in [0.25, 0.3) is 21.3 Å². The number of benzene rings is 2. The summed E-state index contributed by atoms with van der Waals surface area (Å²) < 4.78 is 1.11. The molecule has 1 unspecified atom stereocenters. The molecule has 0 aliphatic carbocycles. The summed E-state index contributed by atoms with van der Waals surface area (Å²) in [6.45, 7) is 0. The summed E-state index contributed by atoms with van der Waals surface area (Å²) in [4.78, 5) is 5.47. The van der Waals surface area contributed by atoms with Crippen molar-refractivity contribution >= 4 is 44.1 Å². The van der Waals surface area contributed by atoms with Crippen LogP contribution in [0.15, 0.2) is 41.3 Å². The maximum atomic E-state index is 5.88. The Morgan fingerprint density at radius 2 is 1.90 bits per heavy atom. The summed E-state index contributed by atoms with van der Waals surface area (Å²) in [5, 5.41) is 3.83. The molecule has 0 spiro atoms. The fourth-order valence-electron chi connectivity index (χ4n) is 2.36. The number of rotatable bonds is 1. The van der Waals surface area contributed by atoms with E-state index in [2.05, 4.69) is 40.6 Å². The lowest BCUT2D eigenvalue weighted by Crippen LogP contribution is -2.20. The lowest BCUT2D eigenvalue weighted by Gasteiger charge is -2.04. The van der Waals surface area contributed by atoms with E-state index in [-0.39, 0.29) is 5.50 Å². The molecule has 2 heterocycles. The van der Waals surface area contributed by atoms with Crippen molar-refractivity contribution in [2.75, 3.05) is 11.1 Å². The van der Waals surface area contributed by atoms with Crippen molar-refractivity contribution < 1.29 is 0 Å². The van der Waals surface area contributed by atoms with Crippen LogP contribution >= 0.6 is 23.1 Å². The second kappa shape index (κ2) is 4.37. The highest BCUT2D eigenvalue weighted by atomic mass is 32.2. The number of nitrogens with one attached hydrogen (secondary N) is 1. The summed E-state index contributed by atoms with van der Waals surface area (Å²) in [5.74, 6) is 0. The summed E-state index contributed by atoms with van der Waals surface area (Å²) in [7, 11) is 0. The van der Waals surface area contributed by atoms with Crippen molar-refractivity contribution in [1.82, 2.24) is 4.98 Å². The maximum absolute atomic E-state index is 5.88. The van der Waals surface area contributed by atoms with Gasteiger partial charge in [-0.25, -0.2) is 4.98 Å². The Hall–Kier alpha value is -1.76. The Morgan fingerprint density at radius 3 is 2.80 bits per heavy atom. The minimum atomic E-state index is -0.0518. The van der Waals surface area contributed by atoms with Crippen molar-refractivity contribution in [2.45, 2.75) is 10.4 Å². The number of thioether (sulfide) groups is 1. The Bertz CT molecular complexity index is 812. The van der Waals surface area contributed by atoms with Gasteiger partial charge < -0.3 is 16.8 Å². The first-order valence-electron chi connectivity index (χ1n) is 6.18. The van der Waals surface area contributed by atoms with Gasteiger partial charge in [0.05, 0.1) is 10.2 Å². The van der Waals surface area contributed by atoms with Crippen molar-refractivity contribution in [2.24, 2.45) is 5.73 Å². The molecule has 1 aromatic heterocycles. The topological polar surface area (TPSA) is 77.0 Å². The van der Waals surface area contributed by atoms with Crippen molar-refractivity contribution in [1.29, 1.82) is 0 Å². The third kappa shape index (κ3) is 1.93. The molecule has 20 heavy (non-hydrogen) atoms. The van der Waals surface area contributed by atoms with Crippen LogP contribution in [0.5, 0.6) is 0 Å². The zero-order chi connectivity index (χ0) is 13.7. The third-order valence-electron chi connectivity index (χ3n) is 3.27. The van der Waals surface area contributed by atoms with Gasteiger partial charge in [0.1, 0.15) is 5.50 Å². The fourth-order valence-corrected chi connectivity index (χ4v) is 4.04. The second-order valence-corrected chi connectivity index (χ2v) is 6.87. The summed E-state index contributed by atoms with van der Waals surface area (Å²) in [5.41, 5.74) is 16.0. The Labute approximate surface area is 124 Å². The quantitative estimate of drug-likeness (QED) is 0.643. The summed E-state index contributed by atoms with van der Waals surface area (Å²) in [6.07, 6.45) is 0. The molecular formula is C14H12N4S2. The van der Waals surface area contributed by atoms with Gasteiger partial charge in [0.15, 0.2) is 5.13 Å². The number of anilines is 2. The molecule has 100 valence electrons. The molecule has 1 atom stereocenters. The number of nitrogens with two attached hydrogens (primary N) is 2. The molecule has 1 aliphatic heterocycles. The molecule has 6 heteroatoms. The predicted octanol–water partition coefficient (Wildman–Crippen LogP) is 3.31. The highest BCUT2D eigenvalue weighted by Gasteiger charge is 2.18. The van der Waals surface area contributed by atoms with Crippen molar-refractivity contribution in [3.05, 3.63) is 36.4 Å². The van der Waals surface area contributed by atoms with Crippen LogP contribution in [0, 0.1) is 0 Å². The first-order valence-corrected chi connectivity index (χ1v) is 7.88. The number of hydrogen-bond acceptors (Lipinski definition) is 6. The zero-order valence-corrected chi connectivity index (χ0v) is 12.1. The molecule has 0 fully saturated rings. The highest BCUT2D eigenvalue weighted by molar-refractivity contribution is 8.00. The molecule has 1 aliphatic rings. The number of aromatic nitrogens is 1. The molecule has 2 aromatic carbocycles. The van der Waals surface area contributed by atoms with E-state index in [0.29, 0.717) is 5.13 Å². The summed E-state index contributed by atoms with van der Waals surface area (Å²) >= 11 is 3.16. The van der Waals surface area contributed by atoms with Gasteiger partial charge in [-0.15, -0.1) is 0 Å². The number of nitrogen functional groups attached to an aromatic ring is 1. The summed E-state index contributed by atoms with van der Waals surface area (Å²) in [6, 6.07) is 12.6. The molecule has 4 nitrogen and oxygen atoms in total. The molecular weight excluding hydrogens is 288 g/mol. The van der Waals surface area contributed by atoms with E-state index >= 15 is 0 Å². The lowest BCUT2D eigenvalue weighted by atomic mass is 10.1. The van der Waals surface area contributed by atoms with Crippen LogP contribution in [0.3, 0.4) is 0 Å². The van der Waals surface area contributed by atoms with Gasteiger partial charge in [-0.05, 0) is 35.4 Å². The molecule has 0 saturated heterocycles. The van der Waals surface area contributed by atoms with Crippen LogP contribution in [0.1, 0.15) is 0 Å². The first-order chi connectivity index (χ1) is 9.69. The average Bonchev–Trinajstić information content (AvgIpc) is 2.97. The SMILES string of the molecule is Nc1nc2ccc(-c3ccc4c(c3)SC(N)N4)cc2s1. The third-order valence-corrected chi connectivity index (χ3v) is 5.08. The monoisotopic (exact) mass is 300 g/mol. The van der Waals surface area contributed by atoms with Gasteiger partial charge in [0.2, 0.25) is 0 Å². The van der Waals surface area contributed by atoms with E-state index in [1.165, 1.54) is 27.4 Å². The maximum Gasteiger partial charge on any atom is 0.181 e.